The van der Waals surface area contributed by atoms with Crippen molar-refractivity contribution < 1.29 is 4.79 Å². The normalized spacial score (nSPS) is 15.2. The zero-order valence-corrected chi connectivity index (χ0v) is 15.3. The Bertz CT molecular complexity index is 693. The van der Waals surface area contributed by atoms with Gasteiger partial charge in [-0.1, -0.05) is 54.3 Å². The van der Waals surface area contributed by atoms with Crippen LogP contribution in [-0.4, -0.2) is 16.9 Å². The number of aryl methyl sites for hydroxylation is 1. The Morgan fingerprint density at radius 2 is 1.96 bits per heavy atom. The molecule has 1 fully saturated rings. The molecule has 1 saturated carbocycles. The number of nitrogens with zero attached hydrogens (tertiary/aromatic N) is 1. The molecule has 2 aromatic rings. The number of aromatic nitrogens is 1. The molecule has 3 rings (SSSR count). The molecule has 128 valence electrons. The fraction of sp³-hybridized carbons (Fsp3) is 0.444. The fourth-order valence-electron chi connectivity index (χ4n) is 2.96. The number of rotatable bonds is 5. The van der Waals surface area contributed by atoms with Crippen LogP contribution in [0, 0.1) is 6.92 Å². The lowest BCUT2D eigenvalue weighted by molar-refractivity contribution is 0.0954. The van der Waals surface area contributed by atoms with Gasteiger partial charge in [-0.05, 0) is 37.5 Å². The molecule has 1 aromatic heterocycles. The third-order valence-corrected chi connectivity index (χ3v) is 5.64. The lowest BCUT2D eigenvalue weighted by atomic mass is 9.96. The van der Waals surface area contributed by atoms with Gasteiger partial charge >= 0.3 is 0 Å². The number of carbonyl (C=O) groups is 1. The first-order valence-electron chi connectivity index (χ1n) is 8.38. The largest absolute Gasteiger partial charge is 0.359 e. The van der Waals surface area contributed by atoms with Crippen molar-refractivity contribution in [3.05, 3.63) is 45.4 Å². The molecule has 0 spiro atoms. The van der Waals surface area contributed by atoms with Gasteiger partial charge in [0.15, 0.2) is 5.13 Å². The van der Waals surface area contributed by atoms with E-state index in [0.717, 1.165) is 16.4 Å². The average molecular weight is 364 g/mol. The lowest BCUT2D eigenvalue weighted by Gasteiger charge is -2.22. The third-order valence-electron chi connectivity index (χ3n) is 4.30. The predicted molar refractivity (Wildman–Crippen MR) is 100.0 cm³/mol. The van der Waals surface area contributed by atoms with Crippen molar-refractivity contribution in [3.8, 4) is 0 Å². The first-order chi connectivity index (χ1) is 11.6. The smallest absolute Gasteiger partial charge is 0.263 e. The summed E-state index contributed by atoms with van der Waals surface area (Å²) < 4.78 is 0. The second-order valence-corrected chi connectivity index (χ2v) is 7.66. The molecule has 1 aliphatic rings. The summed E-state index contributed by atoms with van der Waals surface area (Å²) in [5.41, 5.74) is 1.81. The quantitative estimate of drug-likeness (QED) is 0.803. The van der Waals surface area contributed by atoms with Gasteiger partial charge in [0.2, 0.25) is 0 Å². The molecule has 0 aliphatic heterocycles. The van der Waals surface area contributed by atoms with Gasteiger partial charge in [-0.3, -0.25) is 4.79 Å². The Labute approximate surface area is 151 Å². The van der Waals surface area contributed by atoms with Crippen LogP contribution in [0.1, 0.15) is 53.0 Å². The van der Waals surface area contributed by atoms with Crippen LogP contribution >= 0.6 is 22.9 Å². The summed E-state index contributed by atoms with van der Waals surface area (Å²) in [6.07, 6.45) is 6.26. The maximum absolute atomic E-state index is 12.4. The van der Waals surface area contributed by atoms with Crippen molar-refractivity contribution in [3.63, 3.8) is 0 Å². The Balaban J connectivity index is 1.59. The number of hydrogen-bond acceptors (Lipinski definition) is 4. The zero-order chi connectivity index (χ0) is 16.9. The van der Waals surface area contributed by atoms with Gasteiger partial charge in [0.05, 0.1) is 5.69 Å². The second kappa shape index (κ2) is 7.99. The molecular formula is C18H22ClN3OS. The first kappa shape index (κ1) is 17.2. The van der Waals surface area contributed by atoms with Gasteiger partial charge in [0, 0.05) is 17.6 Å². The van der Waals surface area contributed by atoms with Gasteiger partial charge in [-0.25, -0.2) is 4.98 Å². The monoisotopic (exact) mass is 363 g/mol. The van der Waals surface area contributed by atoms with E-state index in [0.29, 0.717) is 22.5 Å². The van der Waals surface area contributed by atoms with Crippen LogP contribution in [0.25, 0.3) is 0 Å². The van der Waals surface area contributed by atoms with Crippen molar-refractivity contribution in [2.45, 2.75) is 51.6 Å². The summed E-state index contributed by atoms with van der Waals surface area (Å²) in [5, 5.41) is 8.00. The minimum atomic E-state index is -0.0726. The number of carbonyl (C=O) groups excluding carboxylic acids is 1. The number of nitrogens with one attached hydrogen (secondary N) is 2. The van der Waals surface area contributed by atoms with E-state index in [2.05, 4.69) is 15.6 Å². The van der Waals surface area contributed by atoms with E-state index in [1.807, 2.05) is 31.2 Å². The van der Waals surface area contributed by atoms with Gasteiger partial charge in [0.25, 0.3) is 5.91 Å². The summed E-state index contributed by atoms with van der Waals surface area (Å²) in [6.45, 7) is 2.37. The van der Waals surface area contributed by atoms with E-state index in [1.165, 1.54) is 43.4 Å². The maximum Gasteiger partial charge on any atom is 0.263 e. The van der Waals surface area contributed by atoms with Crippen molar-refractivity contribution in [1.29, 1.82) is 0 Å². The van der Waals surface area contributed by atoms with E-state index < -0.39 is 0 Å². The van der Waals surface area contributed by atoms with Crippen LogP contribution in [0.2, 0.25) is 5.02 Å². The van der Waals surface area contributed by atoms with Crippen LogP contribution < -0.4 is 10.6 Å². The second-order valence-electron chi connectivity index (χ2n) is 6.22. The summed E-state index contributed by atoms with van der Waals surface area (Å²) in [6, 6.07) is 7.98. The zero-order valence-electron chi connectivity index (χ0n) is 13.8. The minimum absolute atomic E-state index is 0.0726. The standard InChI is InChI=1S/C18H22ClN3OS/c1-12-16(17(23)20-11-13-7-9-14(19)10-8-13)24-18(21-12)22-15-5-3-2-4-6-15/h7-10,15H,2-6,11H2,1H3,(H,20,23)(H,21,22). The van der Waals surface area contributed by atoms with Crippen molar-refractivity contribution in [1.82, 2.24) is 10.3 Å². The SMILES string of the molecule is Cc1nc(NC2CCCCC2)sc1C(=O)NCc1ccc(Cl)cc1. The van der Waals surface area contributed by atoms with Gasteiger partial charge in [0.1, 0.15) is 4.88 Å². The molecule has 1 amide bonds. The number of halogens is 1. The van der Waals surface area contributed by atoms with Crippen molar-refractivity contribution in [2.24, 2.45) is 0 Å². The Morgan fingerprint density at radius 3 is 2.67 bits per heavy atom. The molecule has 1 heterocycles. The van der Waals surface area contributed by atoms with E-state index in [4.69, 9.17) is 11.6 Å². The molecule has 1 aliphatic carbocycles. The average Bonchev–Trinajstić information content (AvgIpc) is 2.95. The highest BCUT2D eigenvalue weighted by atomic mass is 35.5. The van der Waals surface area contributed by atoms with Crippen LogP contribution in [0.15, 0.2) is 24.3 Å². The Kier molecular flexibility index (Phi) is 5.74. The van der Waals surface area contributed by atoms with Crippen LogP contribution in [-0.2, 0) is 6.54 Å². The van der Waals surface area contributed by atoms with Gasteiger partial charge < -0.3 is 10.6 Å². The number of amides is 1. The van der Waals surface area contributed by atoms with Gasteiger partial charge in [-0.2, -0.15) is 0 Å². The van der Waals surface area contributed by atoms with Crippen LogP contribution in [0.3, 0.4) is 0 Å². The topological polar surface area (TPSA) is 54.0 Å². The summed E-state index contributed by atoms with van der Waals surface area (Å²) in [4.78, 5) is 17.6. The minimum Gasteiger partial charge on any atom is -0.359 e. The molecule has 4 nitrogen and oxygen atoms in total. The summed E-state index contributed by atoms with van der Waals surface area (Å²) in [7, 11) is 0. The molecule has 0 saturated heterocycles. The number of anilines is 1. The van der Waals surface area contributed by atoms with E-state index >= 15 is 0 Å². The number of thiazole rings is 1. The molecule has 2 N–H and O–H groups in total. The van der Waals surface area contributed by atoms with Crippen molar-refractivity contribution in [2.75, 3.05) is 5.32 Å². The number of benzene rings is 1. The van der Waals surface area contributed by atoms with Crippen molar-refractivity contribution >= 4 is 34.0 Å². The molecule has 0 atom stereocenters. The van der Waals surface area contributed by atoms with Crippen LogP contribution in [0.5, 0.6) is 0 Å². The third kappa shape index (κ3) is 4.48. The first-order valence-corrected chi connectivity index (χ1v) is 9.58. The summed E-state index contributed by atoms with van der Waals surface area (Å²) in [5.74, 6) is -0.0726. The molecule has 0 bridgehead atoms. The highest BCUT2D eigenvalue weighted by Crippen LogP contribution is 2.27. The molecule has 1 aromatic carbocycles. The Morgan fingerprint density at radius 1 is 1.25 bits per heavy atom. The van der Waals surface area contributed by atoms with E-state index in [-0.39, 0.29) is 5.91 Å². The summed E-state index contributed by atoms with van der Waals surface area (Å²) >= 11 is 7.32. The van der Waals surface area contributed by atoms with Crippen LogP contribution in [0.4, 0.5) is 5.13 Å². The fourth-order valence-corrected chi connectivity index (χ4v) is 4.04. The van der Waals surface area contributed by atoms with Gasteiger partial charge in [-0.15, -0.1) is 0 Å². The highest BCUT2D eigenvalue weighted by Gasteiger charge is 2.18. The Hall–Kier alpha value is -1.59. The highest BCUT2D eigenvalue weighted by molar-refractivity contribution is 7.17. The lowest BCUT2D eigenvalue weighted by Crippen LogP contribution is -2.22. The van der Waals surface area contributed by atoms with E-state index in [9.17, 15) is 4.79 Å². The molecule has 24 heavy (non-hydrogen) atoms. The number of hydrogen-bond donors (Lipinski definition) is 2. The molecule has 0 unspecified atom stereocenters. The van der Waals surface area contributed by atoms with E-state index in [1.54, 1.807) is 0 Å². The molecular weight excluding hydrogens is 342 g/mol. The molecule has 0 radical (unpaired) electrons. The molecule has 6 heteroatoms. The predicted octanol–water partition coefficient (Wildman–Crippen LogP) is 4.78. The maximum atomic E-state index is 12.4.